The smallest absolute Gasteiger partial charge is 0.320 e. The zero-order chi connectivity index (χ0) is 21.2. The Morgan fingerprint density at radius 3 is 2.59 bits per heavy atom. The highest BCUT2D eigenvalue weighted by molar-refractivity contribution is 5.72. The Labute approximate surface area is 168 Å². The molecule has 1 heterocycles. The fourth-order valence-corrected chi connectivity index (χ4v) is 2.42. The molecule has 0 radical (unpaired) electrons. The second-order valence-corrected chi connectivity index (χ2v) is 6.02. The molecule has 0 saturated carbocycles. The van der Waals surface area contributed by atoms with Crippen molar-refractivity contribution in [2.75, 3.05) is 31.1 Å². The van der Waals surface area contributed by atoms with Gasteiger partial charge in [-0.3, -0.25) is 4.79 Å². The number of azo groups is 1. The Hall–Kier alpha value is -3.17. The molecule has 0 bridgehead atoms. The standard InChI is InChI=1S/C19H24F2N6O2/c1-4-27(5-2)18-11-17(24-19(25-18)29-9-8-22-13(3)28)26-23-12-14-6-7-15(20)16(21)10-14/h6-7,10-11H,4-5,8-9,12H2,1-3H3,(H,22,28). The molecule has 29 heavy (non-hydrogen) atoms. The van der Waals surface area contributed by atoms with E-state index in [4.69, 9.17) is 4.74 Å². The lowest BCUT2D eigenvalue weighted by Gasteiger charge is -2.20. The lowest BCUT2D eigenvalue weighted by Crippen LogP contribution is -2.26. The number of nitrogens with one attached hydrogen (secondary N) is 1. The second-order valence-electron chi connectivity index (χ2n) is 6.02. The van der Waals surface area contributed by atoms with E-state index < -0.39 is 11.6 Å². The van der Waals surface area contributed by atoms with Gasteiger partial charge in [0.25, 0.3) is 0 Å². The van der Waals surface area contributed by atoms with Gasteiger partial charge in [0.2, 0.25) is 5.91 Å². The minimum Gasteiger partial charge on any atom is -0.461 e. The Kier molecular flexibility index (Phi) is 8.38. The van der Waals surface area contributed by atoms with Crippen molar-refractivity contribution in [2.45, 2.75) is 27.3 Å². The lowest BCUT2D eigenvalue weighted by atomic mass is 10.2. The molecule has 10 heteroatoms. The number of amides is 1. The quantitative estimate of drug-likeness (QED) is 0.482. The number of carbonyl (C=O) groups excluding carboxylic acids is 1. The summed E-state index contributed by atoms with van der Waals surface area (Å²) in [5, 5.41) is 10.7. The van der Waals surface area contributed by atoms with Crippen LogP contribution in [0.15, 0.2) is 34.5 Å². The number of aromatic nitrogens is 2. The van der Waals surface area contributed by atoms with E-state index >= 15 is 0 Å². The topological polar surface area (TPSA) is 92.1 Å². The van der Waals surface area contributed by atoms with Gasteiger partial charge >= 0.3 is 6.01 Å². The van der Waals surface area contributed by atoms with E-state index in [1.807, 2.05) is 18.7 Å². The van der Waals surface area contributed by atoms with Crippen LogP contribution < -0.4 is 15.0 Å². The van der Waals surface area contributed by atoms with Crippen LogP contribution >= 0.6 is 0 Å². The molecule has 0 atom stereocenters. The van der Waals surface area contributed by atoms with Crippen LogP contribution in [0.4, 0.5) is 20.4 Å². The first-order valence-electron chi connectivity index (χ1n) is 9.25. The molecule has 156 valence electrons. The molecule has 1 N–H and O–H groups in total. The summed E-state index contributed by atoms with van der Waals surface area (Å²) in [5.74, 6) is -1.09. The van der Waals surface area contributed by atoms with E-state index in [0.29, 0.717) is 17.9 Å². The van der Waals surface area contributed by atoms with E-state index in [-0.39, 0.29) is 30.9 Å². The van der Waals surface area contributed by atoms with Gasteiger partial charge in [-0.1, -0.05) is 6.07 Å². The van der Waals surface area contributed by atoms with Crippen molar-refractivity contribution < 1.29 is 18.3 Å². The fraction of sp³-hybridized carbons (Fsp3) is 0.421. The molecule has 1 amide bonds. The normalized spacial score (nSPS) is 10.9. The molecule has 0 saturated heterocycles. The fourth-order valence-electron chi connectivity index (χ4n) is 2.42. The molecule has 0 aliphatic carbocycles. The van der Waals surface area contributed by atoms with Crippen molar-refractivity contribution in [2.24, 2.45) is 10.2 Å². The highest BCUT2D eigenvalue weighted by atomic mass is 19.2. The largest absolute Gasteiger partial charge is 0.461 e. The van der Waals surface area contributed by atoms with Crippen LogP contribution in [0, 0.1) is 11.6 Å². The van der Waals surface area contributed by atoms with Gasteiger partial charge in [-0.05, 0) is 31.5 Å². The van der Waals surface area contributed by atoms with Crippen LogP contribution in [0.5, 0.6) is 6.01 Å². The number of benzene rings is 1. The van der Waals surface area contributed by atoms with Gasteiger partial charge in [0, 0.05) is 26.1 Å². The molecule has 0 unspecified atom stereocenters. The number of ether oxygens (including phenoxy) is 1. The number of hydrogen-bond acceptors (Lipinski definition) is 7. The Morgan fingerprint density at radius 1 is 1.17 bits per heavy atom. The van der Waals surface area contributed by atoms with E-state index in [1.54, 1.807) is 6.07 Å². The summed E-state index contributed by atoms with van der Waals surface area (Å²) in [7, 11) is 0. The van der Waals surface area contributed by atoms with Gasteiger partial charge in [0.05, 0.1) is 13.1 Å². The van der Waals surface area contributed by atoms with Crippen LogP contribution in [0.2, 0.25) is 0 Å². The molecule has 1 aromatic heterocycles. The Morgan fingerprint density at radius 2 is 1.93 bits per heavy atom. The number of hydrogen-bond donors (Lipinski definition) is 1. The molecule has 2 rings (SSSR count). The van der Waals surface area contributed by atoms with E-state index in [0.717, 1.165) is 25.2 Å². The molecule has 0 spiro atoms. The maximum atomic E-state index is 13.3. The number of anilines is 1. The average molecular weight is 406 g/mol. The van der Waals surface area contributed by atoms with Gasteiger partial charge < -0.3 is 15.0 Å². The third kappa shape index (κ3) is 7.05. The van der Waals surface area contributed by atoms with Gasteiger partial charge in [-0.25, -0.2) is 8.78 Å². The Balaban J connectivity index is 2.14. The summed E-state index contributed by atoms with van der Waals surface area (Å²) in [4.78, 5) is 21.5. The van der Waals surface area contributed by atoms with Crippen molar-refractivity contribution in [3.8, 4) is 6.01 Å². The molecule has 2 aromatic rings. The third-order valence-electron chi connectivity index (χ3n) is 3.88. The molecule has 0 aliphatic heterocycles. The van der Waals surface area contributed by atoms with Gasteiger partial charge in [0.1, 0.15) is 12.4 Å². The first kappa shape index (κ1) is 22.1. The predicted octanol–water partition coefficient (Wildman–Crippen LogP) is 3.40. The van der Waals surface area contributed by atoms with Crippen LogP contribution in [0.3, 0.4) is 0 Å². The number of halogens is 2. The van der Waals surface area contributed by atoms with E-state index in [9.17, 15) is 13.6 Å². The average Bonchev–Trinajstić information content (AvgIpc) is 2.69. The molecule has 8 nitrogen and oxygen atoms in total. The third-order valence-corrected chi connectivity index (χ3v) is 3.88. The van der Waals surface area contributed by atoms with Crippen LogP contribution in [0.25, 0.3) is 0 Å². The maximum Gasteiger partial charge on any atom is 0.320 e. The SMILES string of the molecule is CCN(CC)c1cc(N=NCc2ccc(F)c(F)c2)nc(OCCNC(C)=O)n1. The number of rotatable bonds is 10. The monoisotopic (exact) mass is 406 g/mol. The molecular formula is C19H24F2N6O2. The number of nitrogens with zero attached hydrogens (tertiary/aromatic N) is 5. The highest BCUT2D eigenvalue weighted by Crippen LogP contribution is 2.22. The molecular weight excluding hydrogens is 382 g/mol. The summed E-state index contributed by atoms with van der Waals surface area (Å²) in [6.07, 6.45) is 0. The first-order valence-corrected chi connectivity index (χ1v) is 9.25. The van der Waals surface area contributed by atoms with Crippen LogP contribution in [0.1, 0.15) is 26.3 Å². The van der Waals surface area contributed by atoms with Crippen molar-refractivity contribution in [1.82, 2.24) is 15.3 Å². The predicted molar refractivity (Wildman–Crippen MR) is 104 cm³/mol. The van der Waals surface area contributed by atoms with Crippen LogP contribution in [-0.4, -0.2) is 42.1 Å². The summed E-state index contributed by atoms with van der Waals surface area (Å²) in [5.41, 5.74) is 0.484. The van der Waals surface area contributed by atoms with Crippen LogP contribution in [-0.2, 0) is 11.3 Å². The van der Waals surface area contributed by atoms with Crippen molar-refractivity contribution in [1.29, 1.82) is 0 Å². The molecule has 0 fully saturated rings. The minimum atomic E-state index is -0.932. The van der Waals surface area contributed by atoms with Gasteiger partial charge in [0.15, 0.2) is 17.5 Å². The molecule has 1 aromatic carbocycles. The van der Waals surface area contributed by atoms with E-state index in [1.165, 1.54) is 13.0 Å². The summed E-state index contributed by atoms with van der Waals surface area (Å²) < 4.78 is 31.8. The zero-order valence-electron chi connectivity index (χ0n) is 16.7. The van der Waals surface area contributed by atoms with Crippen molar-refractivity contribution in [3.63, 3.8) is 0 Å². The minimum absolute atomic E-state index is 0.0700. The number of carbonyl (C=O) groups is 1. The van der Waals surface area contributed by atoms with Gasteiger partial charge in [-0.2, -0.15) is 15.1 Å². The summed E-state index contributed by atoms with van der Waals surface area (Å²) in [6.45, 7) is 7.45. The van der Waals surface area contributed by atoms with Crippen molar-refractivity contribution >= 4 is 17.5 Å². The first-order chi connectivity index (χ1) is 13.9. The lowest BCUT2D eigenvalue weighted by molar-refractivity contribution is -0.119. The van der Waals surface area contributed by atoms with E-state index in [2.05, 4.69) is 25.5 Å². The summed E-state index contributed by atoms with van der Waals surface area (Å²) >= 11 is 0. The zero-order valence-corrected chi connectivity index (χ0v) is 16.7. The highest BCUT2D eigenvalue weighted by Gasteiger charge is 2.10. The molecule has 0 aliphatic rings. The van der Waals surface area contributed by atoms with Gasteiger partial charge in [-0.15, -0.1) is 5.11 Å². The van der Waals surface area contributed by atoms with Crippen molar-refractivity contribution in [3.05, 3.63) is 41.5 Å². The second kappa shape index (κ2) is 11.0. The maximum absolute atomic E-state index is 13.3. The summed E-state index contributed by atoms with van der Waals surface area (Å²) in [6, 6.07) is 5.34. The Bertz CT molecular complexity index is 859.